The van der Waals surface area contributed by atoms with Crippen molar-refractivity contribution in [1.82, 2.24) is 4.90 Å². The first-order chi connectivity index (χ1) is 25.0. The van der Waals surface area contributed by atoms with Crippen molar-refractivity contribution < 1.29 is 52.8 Å². The number of nitrogens with zero attached hydrogens (tertiary/aromatic N) is 3. The van der Waals surface area contributed by atoms with Crippen molar-refractivity contribution in [2.24, 2.45) is 39.2 Å². The van der Waals surface area contributed by atoms with E-state index < -0.39 is 76.7 Å². The molecule has 13 atom stereocenters. The van der Waals surface area contributed by atoms with Crippen LogP contribution in [0.1, 0.15) is 121 Å². The molecular formula is C40H66FN3O10. The van der Waals surface area contributed by atoms with Crippen LogP contribution in [0.5, 0.6) is 0 Å². The number of ether oxygens (including phenoxy) is 3. The van der Waals surface area contributed by atoms with Crippen molar-refractivity contribution >= 4 is 34.9 Å². The largest absolute Gasteiger partial charge is 0.457 e. The number of carbonyl (C=O) groups excluding carboxylic acids is 4. The molecule has 2 heterocycles. The lowest BCUT2D eigenvalue weighted by atomic mass is 9.65. The summed E-state index contributed by atoms with van der Waals surface area (Å²) in [6.07, 6.45) is -2.88. The number of Topliss-reactive ketones (excluding diaryl/α,β-unsaturated/α-hetero) is 2. The molecule has 54 heavy (non-hydrogen) atoms. The van der Waals surface area contributed by atoms with Gasteiger partial charge in [-0.2, -0.15) is 0 Å². The van der Waals surface area contributed by atoms with Gasteiger partial charge in [-0.1, -0.05) is 46.7 Å². The van der Waals surface area contributed by atoms with Crippen LogP contribution >= 0.6 is 0 Å². The summed E-state index contributed by atoms with van der Waals surface area (Å²) in [5.74, 6) is -6.04. The van der Waals surface area contributed by atoms with Crippen LogP contribution in [-0.2, 0) is 38.2 Å². The summed E-state index contributed by atoms with van der Waals surface area (Å²) in [5, 5.41) is 28.4. The second-order valence-electron chi connectivity index (χ2n) is 16.9. The number of rotatable bonds is 8. The highest BCUT2D eigenvalue weighted by molar-refractivity contribution is 6.08. The number of aliphatic hydroxyl groups is 2. The van der Waals surface area contributed by atoms with Crippen LogP contribution in [-0.4, -0.2) is 119 Å². The summed E-state index contributed by atoms with van der Waals surface area (Å²) >= 11 is 0. The Hall–Kier alpha value is -2.65. The molecule has 1 saturated carbocycles. The van der Waals surface area contributed by atoms with Gasteiger partial charge in [0.15, 0.2) is 24.5 Å². The van der Waals surface area contributed by atoms with E-state index in [2.05, 4.69) is 10.1 Å². The Morgan fingerprint density at radius 3 is 2.28 bits per heavy atom. The van der Waals surface area contributed by atoms with Gasteiger partial charge in [0.05, 0.1) is 17.9 Å². The maximum absolute atomic E-state index is 16.8. The van der Waals surface area contributed by atoms with Gasteiger partial charge in [0.1, 0.15) is 17.8 Å². The molecule has 3 fully saturated rings. The number of halogens is 1. The number of aliphatic imine (C=N–C) groups is 1. The van der Waals surface area contributed by atoms with E-state index in [0.29, 0.717) is 37.1 Å². The topological polar surface area (TPSA) is 174 Å². The molecule has 308 valence electrons. The minimum absolute atomic E-state index is 0.0896. The quantitative estimate of drug-likeness (QED) is 0.193. The first-order valence-electron chi connectivity index (χ1n) is 19.6. The molecule has 13 nitrogen and oxygen atoms in total. The molecule has 2 aliphatic heterocycles. The van der Waals surface area contributed by atoms with Crippen LogP contribution in [0.25, 0.3) is 0 Å². The molecule has 2 N–H and O–H groups in total. The number of oxime groups is 1. The summed E-state index contributed by atoms with van der Waals surface area (Å²) in [4.78, 5) is 65.1. The summed E-state index contributed by atoms with van der Waals surface area (Å²) in [6, 6.07) is -0.350. The number of ketones is 2. The van der Waals surface area contributed by atoms with E-state index in [-0.39, 0.29) is 56.1 Å². The predicted molar refractivity (Wildman–Crippen MR) is 202 cm³/mol. The van der Waals surface area contributed by atoms with Gasteiger partial charge in [0, 0.05) is 30.0 Å². The van der Waals surface area contributed by atoms with Gasteiger partial charge < -0.3 is 34.2 Å². The van der Waals surface area contributed by atoms with Crippen molar-refractivity contribution in [2.75, 3.05) is 20.7 Å². The van der Waals surface area contributed by atoms with Gasteiger partial charge in [-0.15, -0.1) is 0 Å². The average molecular weight is 768 g/mol. The molecule has 2 saturated heterocycles. The minimum atomic E-state index is -3.12. The molecule has 0 aromatic rings. The summed E-state index contributed by atoms with van der Waals surface area (Å²) in [7, 11) is 3.68. The van der Waals surface area contributed by atoms with E-state index in [4.69, 9.17) is 19.0 Å². The number of hydrogen-bond acceptors (Lipinski definition) is 12. The Balaban J connectivity index is 2.40. The van der Waals surface area contributed by atoms with Gasteiger partial charge >= 0.3 is 5.97 Å². The predicted octanol–water partition coefficient (Wildman–Crippen LogP) is 5.02. The van der Waals surface area contributed by atoms with Crippen molar-refractivity contribution in [3.05, 3.63) is 0 Å². The molecule has 3 aliphatic rings. The zero-order chi connectivity index (χ0) is 40.9. The van der Waals surface area contributed by atoms with Crippen molar-refractivity contribution in [1.29, 1.82) is 0 Å². The Bertz CT molecular complexity index is 1420. The van der Waals surface area contributed by atoms with E-state index in [0.717, 1.165) is 6.92 Å². The number of fused-ring (bicyclic) bond motifs is 5. The fraction of sp³-hybridized carbons (Fsp3) is 0.850. The van der Waals surface area contributed by atoms with E-state index in [1.165, 1.54) is 20.8 Å². The standard InChI is InChI=1S/C40H66FN3O10/c1-13-30-40(10,50)28-16-15-27(43-51-21-23(4)45)17-18-38(8,20-22(3)32(25(28)6)42-31(46)14-2)35(26(7)34(48)39(9,41)37(49)53-30)54-36-33(47)29(44(11)12)19-24(5)52-36/h22,24-26,28-30,33,35-36,47,50H,13-21H2,1-12H3/b42-32?,43-27+/t22-,24-,25-,26+,28-,29+,30-,33-,35-,36+,38-,39+,40+/m1/s1. The fourth-order valence-electron chi connectivity index (χ4n) is 8.93. The monoisotopic (exact) mass is 767 g/mol. The van der Waals surface area contributed by atoms with E-state index >= 15 is 4.39 Å². The molecule has 0 radical (unpaired) electrons. The van der Waals surface area contributed by atoms with Gasteiger partial charge in [-0.05, 0) is 104 Å². The summed E-state index contributed by atoms with van der Waals surface area (Å²) in [5.41, 5.74) is -4.83. The SMILES string of the molecule is CCC(=O)N=C1[C@H](C)C[C@@]2(C)CC/C(=N/OCC(C)=O)CC[C@H]([C@H]1C)[C@](C)(O)[C@@H](CC)OC(=O)[C@@](C)(F)C(=O)[C@H](C)[C@H]2O[C@@H]1O[C@H](C)C[C@H](N(C)C)[C@H]1O. The second-order valence-corrected chi connectivity index (χ2v) is 16.9. The highest BCUT2D eigenvalue weighted by Gasteiger charge is 2.55. The molecule has 3 rings (SSSR count). The van der Waals surface area contributed by atoms with Crippen molar-refractivity contribution in [3.63, 3.8) is 0 Å². The molecule has 14 heteroatoms. The third-order valence-electron chi connectivity index (χ3n) is 12.1. The first-order valence-corrected chi connectivity index (χ1v) is 19.6. The van der Waals surface area contributed by atoms with Crippen LogP contribution in [0.3, 0.4) is 0 Å². The Labute approximate surface area is 320 Å². The summed E-state index contributed by atoms with van der Waals surface area (Å²) in [6.45, 7) is 16.0. The number of alkyl halides is 1. The maximum Gasteiger partial charge on any atom is 0.351 e. The normalized spacial score (nSPS) is 41.9. The Kier molecular flexibility index (Phi) is 15.7. The van der Waals surface area contributed by atoms with Crippen LogP contribution in [0.15, 0.2) is 10.1 Å². The van der Waals surface area contributed by atoms with Gasteiger partial charge in [0.25, 0.3) is 5.67 Å². The van der Waals surface area contributed by atoms with Crippen LogP contribution in [0, 0.1) is 29.1 Å². The van der Waals surface area contributed by atoms with Crippen molar-refractivity contribution in [3.8, 4) is 0 Å². The van der Waals surface area contributed by atoms with Crippen LogP contribution in [0.4, 0.5) is 4.39 Å². The number of esters is 1. The highest BCUT2D eigenvalue weighted by atomic mass is 19.1. The molecule has 1 amide bonds. The zero-order valence-corrected chi connectivity index (χ0v) is 34.5. The van der Waals surface area contributed by atoms with E-state index in [1.54, 1.807) is 13.8 Å². The zero-order valence-electron chi connectivity index (χ0n) is 34.5. The highest BCUT2D eigenvalue weighted by Crippen LogP contribution is 2.47. The molecular weight excluding hydrogens is 701 g/mol. The third kappa shape index (κ3) is 10.4. The molecule has 1 aliphatic carbocycles. The number of cyclic esters (lactones) is 1. The van der Waals surface area contributed by atoms with Crippen LogP contribution in [0.2, 0.25) is 0 Å². The number of amides is 1. The lowest BCUT2D eigenvalue weighted by Crippen LogP contribution is -2.59. The first kappa shape index (κ1) is 45.7. The molecule has 0 spiro atoms. The fourth-order valence-corrected chi connectivity index (χ4v) is 8.93. The number of carbonyl (C=O) groups is 4. The average Bonchev–Trinajstić information content (AvgIpc) is 3.10. The Morgan fingerprint density at radius 2 is 1.70 bits per heavy atom. The number of hydrogen-bond donors (Lipinski definition) is 2. The van der Waals surface area contributed by atoms with Crippen molar-refractivity contribution in [2.45, 2.75) is 169 Å². The minimum Gasteiger partial charge on any atom is -0.457 e. The third-order valence-corrected chi connectivity index (χ3v) is 12.1. The van der Waals surface area contributed by atoms with E-state index in [9.17, 15) is 29.4 Å². The lowest BCUT2D eigenvalue weighted by molar-refractivity contribution is -0.287. The maximum atomic E-state index is 16.8. The molecule has 0 unspecified atom stereocenters. The second kappa shape index (κ2) is 18.5. The molecule has 2 bridgehead atoms. The van der Waals surface area contributed by atoms with Gasteiger partial charge in [0.2, 0.25) is 5.91 Å². The molecule has 0 aromatic carbocycles. The van der Waals surface area contributed by atoms with Gasteiger partial charge in [-0.25, -0.2) is 14.2 Å². The Morgan fingerprint density at radius 1 is 1.06 bits per heavy atom. The number of aliphatic hydroxyl groups excluding tert-OH is 1. The summed E-state index contributed by atoms with van der Waals surface area (Å²) < 4.78 is 35.5. The number of likely N-dealkylation sites (N-methyl/N-ethyl adjacent to an activating group) is 1. The van der Waals surface area contributed by atoms with E-state index in [1.807, 2.05) is 46.7 Å². The molecule has 0 aromatic heterocycles. The lowest BCUT2D eigenvalue weighted by Gasteiger charge is -2.48. The van der Waals surface area contributed by atoms with Gasteiger partial charge in [-0.3, -0.25) is 14.4 Å². The smallest absolute Gasteiger partial charge is 0.351 e. The van der Waals surface area contributed by atoms with Crippen LogP contribution < -0.4 is 0 Å².